The Labute approximate surface area is 73.1 Å². The highest BCUT2D eigenvalue weighted by atomic mass is 79.9. The highest BCUT2D eigenvalue weighted by molar-refractivity contribution is 9.10. The van der Waals surface area contributed by atoms with Crippen LogP contribution in [0.4, 0.5) is 0 Å². The Morgan fingerprint density at radius 3 is 2.18 bits per heavy atom. The fourth-order valence-corrected chi connectivity index (χ4v) is 0.519. The lowest BCUT2D eigenvalue weighted by molar-refractivity contribution is -0.307. The second-order valence-corrected chi connectivity index (χ2v) is 3.54. The number of nitrogens with one attached hydrogen (secondary N) is 1. The Balaban J connectivity index is 3.85. The van der Waals surface area contributed by atoms with E-state index < -0.39 is 12.0 Å². The van der Waals surface area contributed by atoms with E-state index in [1.165, 1.54) is 6.92 Å². The maximum absolute atomic E-state index is 10.8. The van der Waals surface area contributed by atoms with Crippen molar-refractivity contribution in [2.24, 2.45) is 0 Å². The van der Waals surface area contributed by atoms with E-state index >= 15 is 0 Å². The Kier molecular flexibility index (Phi) is 4.10. The van der Waals surface area contributed by atoms with Gasteiger partial charge in [-0.2, -0.15) is 0 Å². The van der Waals surface area contributed by atoms with Crippen molar-refractivity contribution in [2.45, 2.75) is 24.7 Å². The predicted molar refractivity (Wildman–Crippen MR) is 41.0 cm³/mol. The summed E-state index contributed by atoms with van der Waals surface area (Å²) in [6.07, 6.45) is 0. The van der Waals surface area contributed by atoms with E-state index in [2.05, 4.69) is 21.2 Å². The number of rotatable bonds is 3. The molecule has 0 aromatic carbocycles. The van der Waals surface area contributed by atoms with Crippen LogP contribution < -0.4 is 10.4 Å². The molecule has 2 atom stereocenters. The van der Waals surface area contributed by atoms with Crippen LogP contribution in [0.5, 0.6) is 0 Å². The summed E-state index contributed by atoms with van der Waals surface area (Å²) >= 11 is 2.99. The average Bonchev–Trinajstić information content (AvgIpc) is 1.87. The second-order valence-electron chi connectivity index (χ2n) is 2.17. The standard InChI is InChI=1S/C6H10BrNO3/c1-3(7)5(9)8-4(2)6(10)11/h3-4H,1-2H3,(H,8,9)(H,10,11)/p-1/t3-,4+/m1/s1. The highest BCUT2D eigenvalue weighted by Crippen LogP contribution is 1.96. The lowest BCUT2D eigenvalue weighted by Crippen LogP contribution is -2.47. The average molecular weight is 223 g/mol. The SMILES string of the molecule is C[C@H](NC(=O)[C@@H](C)Br)C(=O)[O-]. The molecule has 0 fully saturated rings. The summed E-state index contributed by atoms with van der Waals surface area (Å²) in [6.45, 7) is 2.96. The molecule has 0 unspecified atom stereocenters. The highest BCUT2D eigenvalue weighted by Gasteiger charge is 2.11. The molecule has 0 aliphatic rings. The number of alkyl halides is 1. The van der Waals surface area contributed by atoms with Crippen LogP contribution in [0.15, 0.2) is 0 Å². The Hall–Kier alpha value is -0.580. The maximum Gasteiger partial charge on any atom is 0.234 e. The van der Waals surface area contributed by atoms with Gasteiger partial charge in [-0.3, -0.25) is 4.79 Å². The zero-order valence-corrected chi connectivity index (χ0v) is 7.84. The molecule has 0 saturated carbocycles. The first-order valence-corrected chi connectivity index (χ1v) is 4.02. The number of amides is 1. The molecule has 4 nitrogen and oxygen atoms in total. The van der Waals surface area contributed by atoms with Gasteiger partial charge in [-0.25, -0.2) is 0 Å². The molecule has 0 rings (SSSR count). The summed E-state index contributed by atoms with van der Waals surface area (Å²) < 4.78 is 0. The first kappa shape index (κ1) is 10.4. The molecule has 0 bridgehead atoms. The molecule has 0 saturated heterocycles. The zero-order chi connectivity index (χ0) is 9.02. The predicted octanol–water partition coefficient (Wildman–Crippen LogP) is -0.976. The van der Waals surface area contributed by atoms with Crippen molar-refractivity contribution in [2.75, 3.05) is 0 Å². The Morgan fingerprint density at radius 2 is 1.91 bits per heavy atom. The number of aliphatic carboxylic acids is 1. The van der Waals surface area contributed by atoms with Crippen LogP contribution >= 0.6 is 15.9 Å². The molecule has 0 aliphatic heterocycles. The van der Waals surface area contributed by atoms with Gasteiger partial charge in [0.1, 0.15) is 0 Å². The fourth-order valence-electron chi connectivity index (χ4n) is 0.387. The summed E-state index contributed by atoms with van der Waals surface area (Å²) in [4.78, 5) is 20.5. The van der Waals surface area contributed by atoms with E-state index in [-0.39, 0.29) is 10.7 Å². The van der Waals surface area contributed by atoms with E-state index in [4.69, 9.17) is 0 Å². The minimum Gasteiger partial charge on any atom is -0.548 e. The van der Waals surface area contributed by atoms with Gasteiger partial charge in [0.25, 0.3) is 0 Å². The topological polar surface area (TPSA) is 69.2 Å². The third kappa shape index (κ3) is 3.98. The molecular formula is C6H9BrNO3-. The van der Waals surface area contributed by atoms with Crippen LogP contribution in [0, 0.1) is 0 Å². The van der Waals surface area contributed by atoms with Gasteiger partial charge in [-0.1, -0.05) is 15.9 Å². The van der Waals surface area contributed by atoms with E-state index in [1.807, 2.05) is 0 Å². The van der Waals surface area contributed by atoms with Crippen LogP contribution in [-0.4, -0.2) is 22.7 Å². The van der Waals surface area contributed by atoms with Gasteiger partial charge in [-0.05, 0) is 13.8 Å². The minimum atomic E-state index is -1.29. The van der Waals surface area contributed by atoms with E-state index in [0.717, 1.165) is 0 Å². The van der Waals surface area contributed by atoms with Gasteiger partial charge in [0.2, 0.25) is 5.91 Å². The first-order valence-electron chi connectivity index (χ1n) is 3.10. The first-order chi connectivity index (χ1) is 4.95. The molecule has 0 aromatic rings. The van der Waals surface area contributed by atoms with Crippen LogP contribution in [0.3, 0.4) is 0 Å². The molecule has 11 heavy (non-hydrogen) atoms. The smallest absolute Gasteiger partial charge is 0.234 e. The summed E-state index contributed by atoms with van der Waals surface area (Å²) in [6, 6.07) is -0.942. The molecule has 0 aliphatic carbocycles. The van der Waals surface area contributed by atoms with Crippen LogP contribution in [0.2, 0.25) is 0 Å². The number of carboxylic acid groups (broad SMARTS) is 1. The van der Waals surface area contributed by atoms with E-state index in [9.17, 15) is 14.7 Å². The normalized spacial score (nSPS) is 15.2. The number of carbonyl (C=O) groups excluding carboxylic acids is 2. The number of hydrogen-bond acceptors (Lipinski definition) is 3. The van der Waals surface area contributed by atoms with Crippen molar-refractivity contribution >= 4 is 27.8 Å². The number of halogens is 1. The second kappa shape index (κ2) is 4.33. The van der Waals surface area contributed by atoms with Crippen molar-refractivity contribution < 1.29 is 14.7 Å². The number of carbonyl (C=O) groups is 2. The van der Waals surface area contributed by atoms with Crippen molar-refractivity contribution in [3.63, 3.8) is 0 Å². The maximum atomic E-state index is 10.8. The van der Waals surface area contributed by atoms with Gasteiger partial charge < -0.3 is 15.2 Å². The van der Waals surface area contributed by atoms with Gasteiger partial charge in [0.15, 0.2) is 0 Å². The molecule has 1 amide bonds. The summed E-state index contributed by atoms with van der Waals surface area (Å²) in [5.41, 5.74) is 0. The molecule has 0 spiro atoms. The third-order valence-electron chi connectivity index (χ3n) is 1.07. The van der Waals surface area contributed by atoms with Crippen molar-refractivity contribution in [1.82, 2.24) is 5.32 Å². The van der Waals surface area contributed by atoms with Gasteiger partial charge in [-0.15, -0.1) is 0 Å². The number of hydrogen-bond donors (Lipinski definition) is 1. The van der Waals surface area contributed by atoms with Crippen LogP contribution in [-0.2, 0) is 9.59 Å². The van der Waals surface area contributed by atoms with E-state index in [0.29, 0.717) is 0 Å². The molecule has 64 valence electrons. The zero-order valence-electron chi connectivity index (χ0n) is 6.26. The van der Waals surface area contributed by atoms with Crippen LogP contribution in [0.1, 0.15) is 13.8 Å². The monoisotopic (exact) mass is 222 g/mol. The Bertz CT molecular complexity index is 169. The lowest BCUT2D eigenvalue weighted by atomic mass is 10.3. The minimum absolute atomic E-state index is 0.360. The van der Waals surface area contributed by atoms with Gasteiger partial charge in [0.05, 0.1) is 16.8 Å². The quantitative estimate of drug-likeness (QED) is 0.625. The largest absolute Gasteiger partial charge is 0.548 e. The third-order valence-corrected chi connectivity index (χ3v) is 1.49. The van der Waals surface area contributed by atoms with E-state index in [1.54, 1.807) is 6.92 Å². The van der Waals surface area contributed by atoms with Gasteiger partial charge in [0, 0.05) is 0 Å². The van der Waals surface area contributed by atoms with Gasteiger partial charge >= 0.3 is 0 Å². The molecule has 0 radical (unpaired) electrons. The lowest BCUT2D eigenvalue weighted by Gasteiger charge is -2.15. The summed E-state index contributed by atoms with van der Waals surface area (Å²) in [5.74, 6) is -1.65. The molecule has 1 N–H and O–H groups in total. The number of carboxylic acids is 1. The van der Waals surface area contributed by atoms with Crippen LogP contribution in [0.25, 0.3) is 0 Å². The molecule has 0 aromatic heterocycles. The van der Waals surface area contributed by atoms with Crippen molar-refractivity contribution in [1.29, 1.82) is 0 Å². The summed E-state index contributed by atoms with van der Waals surface area (Å²) in [7, 11) is 0. The van der Waals surface area contributed by atoms with Crippen molar-refractivity contribution in [3.8, 4) is 0 Å². The molecule has 0 heterocycles. The molecular weight excluding hydrogens is 214 g/mol. The Morgan fingerprint density at radius 1 is 1.45 bits per heavy atom. The molecule has 5 heteroatoms. The fraction of sp³-hybridized carbons (Fsp3) is 0.667. The summed E-state index contributed by atoms with van der Waals surface area (Å²) in [5, 5.41) is 12.3. The van der Waals surface area contributed by atoms with Crippen molar-refractivity contribution in [3.05, 3.63) is 0 Å².